The Bertz CT molecular complexity index is 608. The Morgan fingerprint density at radius 3 is 3.00 bits per heavy atom. The molecule has 104 valence electrons. The lowest BCUT2D eigenvalue weighted by Crippen LogP contribution is -2.27. The van der Waals surface area contributed by atoms with E-state index >= 15 is 0 Å². The second-order valence-corrected chi connectivity index (χ2v) is 6.01. The third-order valence-electron chi connectivity index (χ3n) is 3.65. The number of nitrogens with one attached hydrogen (secondary N) is 1. The highest BCUT2D eigenvalue weighted by Gasteiger charge is 2.16. The molecular weight excluding hydrogens is 314 g/mol. The van der Waals surface area contributed by atoms with Gasteiger partial charge < -0.3 is 5.32 Å². The van der Waals surface area contributed by atoms with E-state index in [1.165, 1.54) is 22.5 Å². The maximum atomic E-state index is 4.78. The molecule has 0 atom stereocenters. The Hall–Kier alpha value is -1.26. The molecule has 1 aliphatic rings. The molecular formula is C16H18BrN3. The summed E-state index contributed by atoms with van der Waals surface area (Å²) in [5, 5.41) is 3.41. The van der Waals surface area contributed by atoms with Gasteiger partial charge in [0.1, 0.15) is 5.82 Å². The molecule has 3 nitrogen and oxygen atoms in total. The van der Waals surface area contributed by atoms with Crippen LogP contribution in [0.3, 0.4) is 0 Å². The van der Waals surface area contributed by atoms with E-state index in [1.54, 1.807) is 0 Å². The second kappa shape index (κ2) is 6.02. The molecule has 2 aromatic rings. The average Bonchev–Trinajstić information content (AvgIpc) is 2.46. The van der Waals surface area contributed by atoms with Crippen LogP contribution in [-0.4, -0.2) is 16.5 Å². The van der Waals surface area contributed by atoms with E-state index in [0.29, 0.717) is 0 Å². The highest BCUT2D eigenvalue weighted by molar-refractivity contribution is 9.10. The lowest BCUT2D eigenvalue weighted by Gasteiger charge is -2.19. The Morgan fingerprint density at radius 1 is 1.30 bits per heavy atom. The summed E-state index contributed by atoms with van der Waals surface area (Å²) in [6.07, 6.45) is 2.78. The molecule has 2 heterocycles. The maximum absolute atomic E-state index is 4.78. The summed E-state index contributed by atoms with van der Waals surface area (Å²) >= 11 is 3.51. The van der Waals surface area contributed by atoms with Gasteiger partial charge in [-0.3, -0.25) is 0 Å². The van der Waals surface area contributed by atoms with Crippen LogP contribution in [0.2, 0.25) is 0 Å². The Labute approximate surface area is 128 Å². The zero-order chi connectivity index (χ0) is 13.9. The summed E-state index contributed by atoms with van der Waals surface area (Å²) in [6, 6.07) is 8.36. The molecule has 1 aromatic carbocycles. The van der Waals surface area contributed by atoms with Crippen LogP contribution >= 0.6 is 15.9 Å². The molecule has 0 fully saturated rings. The van der Waals surface area contributed by atoms with Crippen LogP contribution in [0.4, 0.5) is 0 Å². The van der Waals surface area contributed by atoms with Crippen molar-refractivity contribution < 1.29 is 0 Å². The first-order chi connectivity index (χ1) is 9.76. The third-order valence-corrected chi connectivity index (χ3v) is 4.14. The van der Waals surface area contributed by atoms with Crippen LogP contribution in [0.1, 0.15) is 35.3 Å². The number of rotatable bonds is 3. The fraction of sp³-hybridized carbons (Fsp3) is 0.375. The molecule has 0 saturated heterocycles. The zero-order valence-electron chi connectivity index (χ0n) is 11.6. The Morgan fingerprint density at radius 2 is 2.20 bits per heavy atom. The van der Waals surface area contributed by atoms with Crippen molar-refractivity contribution in [2.45, 2.75) is 32.7 Å². The van der Waals surface area contributed by atoms with Gasteiger partial charge >= 0.3 is 0 Å². The van der Waals surface area contributed by atoms with Crippen LogP contribution in [-0.2, 0) is 25.8 Å². The number of fused-ring (bicyclic) bond motifs is 1. The number of nitrogens with zero attached hydrogens (tertiary/aromatic N) is 2. The molecule has 1 aliphatic heterocycles. The number of hydrogen-bond donors (Lipinski definition) is 1. The number of hydrogen-bond acceptors (Lipinski definition) is 3. The number of benzene rings is 1. The van der Waals surface area contributed by atoms with E-state index < -0.39 is 0 Å². The highest BCUT2D eigenvalue weighted by Crippen LogP contribution is 2.19. The molecule has 1 N–H and O–H groups in total. The van der Waals surface area contributed by atoms with E-state index in [0.717, 1.165) is 42.6 Å². The predicted molar refractivity (Wildman–Crippen MR) is 83.8 cm³/mol. The van der Waals surface area contributed by atoms with Crippen LogP contribution in [0.5, 0.6) is 0 Å². The fourth-order valence-corrected chi connectivity index (χ4v) is 3.12. The van der Waals surface area contributed by atoms with E-state index in [1.807, 2.05) is 6.07 Å². The molecule has 0 radical (unpaired) electrons. The zero-order valence-corrected chi connectivity index (χ0v) is 13.2. The minimum Gasteiger partial charge on any atom is -0.312 e. The lowest BCUT2D eigenvalue weighted by molar-refractivity contribution is 0.611. The molecule has 0 unspecified atom stereocenters. The molecule has 0 aliphatic carbocycles. The van der Waals surface area contributed by atoms with Gasteiger partial charge in [0.05, 0.1) is 5.69 Å². The van der Waals surface area contributed by atoms with Crippen molar-refractivity contribution in [2.75, 3.05) is 6.54 Å². The van der Waals surface area contributed by atoms with Crippen molar-refractivity contribution in [3.05, 3.63) is 57.1 Å². The predicted octanol–water partition coefficient (Wildman–Crippen LogP) is 3.04. The van der Waals surface area contributed by atoms with Crippen molar-refractivity contribution >= 4 is 15.9 Å². The molecule has 0 amide bonds. The molecule has 0 saturated carbocycles. The summed E-state index contributed by atoms with van der Waals surface area (Å²) in [5.74, 6) is 0.945. The fourth-order valence-electron chi connectivity index (χ4n) is 2.67. The minimum atomic E-state index is 0.799. The third kappa shape index (κ3) is 2.91. The summed E-state index contributed by atoms with van der Waals surface area (Å²) in [5.41, 5.74) is 5.00. The standard InChI is InChI=1S/C16H18BrN3/c1-2-14-13-10-18-7-6-15(13)20-16(19-14)9-11-4-3-5-12(17)8-11/h3-5,8,18H,2,6-7,9-10H2,1H3. The monoisotopic (exact) mass is 331 g/mol. The normalized spacial score (nSPS) is 14.1. The quantitative estimate of drug-likeness (QED) is 0.939. The van der Waals surface area contributed by atoms with Crippen molar-refractivity contribution in [1.82, 2.24) is 15.3 Å². The smallest absolute Gasteiger partial charge is 0.133 e. The summed E-state index contributed by atoms with van der Waals surface area (Å²) in [7, 11) is 0. The summed E-state index contributed by atoms with van der Waals surface area (Å²) < 4.78 is 1.10. The van der Waals surface area contributed by atoms with E-state index in [2.05, 4.69) is 46.4 Å². The lowest BCUT2D eigenvalue weighted by atomic mass is 10.0. The number of aryl methyl sites for hydroxylation is 1. The first-order valence-electron chi connectivity index (χ1n) is 7.09. The maximum Gasteiger partial charge on any atom is 0.133 e. The van der Waals surface area contributed by atoms with Gasteiger partial charge in [0.2, 0.25) is 0 Å². The summed E-state index contributed by atoms with van der Waals surface area (Å²) in [6.45, 7) is 4.10. The van der Waals surface area contributed by atoms with Gasteiger partial charge in [-0.15, -0.1) is 0 Å². The van der Waals surface area contributed by atoms with Crippen LogP contribution in [0, 0.1) is 0 Å². The van der Waals surface area contributed by atoms with Crippen molar-refractivity contribution in [3.63, 3.8) is 0 Å². The topological polar surface area (TPSA) is 37.8 Å². The molecule has 0 spiro atoms. The number of halogens is 1. The van der Waals surface area contributed by atoms with Crippen LogP contribution in [0.25, 0.3) is 0 Å². The molecule has 1 aromatic heterocycles. The second-order valence-electron chi connectivity index (χ2n) is 5.10. The number of aromatic nitrogens is 2. The van der Waals surface area contributed by atoms with Gasteiger partial charge in [0.15, 0.2) is 0 Å². The van der Waals surface area contributed by atoms with Gasteiger partial charge in [0, 0.05) is 41.7 Å². The van der Waals surface area contributed by atoms with Gasteiger partial charge in [-0.1, -0.05) is 35.0 Å². The van der Waals surface area contributed by atoms with E-state index in [4.69, 9.17) is 9.97 Å². The first kappa shape index (κ1) is 13.7. The van der Waals surface area contributed by atoms with Crippen molar-refractivity contribution in [3.8, 4) is 0 Å². The van der Waals surface area contributed by atoms with Crippen molar-refractivity contribution in [1.29, 1.82) is 0 Å². The highest BCUT2D eigenvalue weighted by atomic mass is 79.9. The summed E-state index contributed by atoms with van der Waals surface area (Å²) in [4.78, 5) is 9.54. The largest absolute Gasteiger partial charge is 0.312 e. The molecule has 3 rings (SSSR count). The minimum absolute atomic E-state index is 0.799. The Balaban J connectivity index is 1.94. The first-order valence-corrected chi connectivity index (χ1v) is 7.88. The molecule has 0 bridgehead atoms. The SMILES string of the molecule is CCc1nc(Cc2cccc(Br)c2)nc2c1CNCC2. The molecule has 20 heavy (non-hydrogen) atoms. The van der Waals surface area contributed by atoms with Crippen LogP contribution < -0.4 is 5.32 Å². The van der Waals surface area contributed by atoms with Crippen molar-refractivity contribution in [2.24, 2.45) is 0 Å². The van der Waals surface area contributed by atoms with Gasteiger partial charge in [-0.05, 0) is 24.1 Å². The molecule has 4 heteroatoms. The average molecular weight is 332 g/mol. The van der Waals surface area contributed by atoms with Gasteiger partial charge in [-0.25, -0.2) is 9.97 Å². The Kier molecular flexibility index (Phi) is 4.13. The van der Waals surface area contributed by atoms with Crippen LogP contribution in [0.15, 0.2) is 28.7 Å². The van der Waals surface area contributed by atoms with E-state index in [-0.39, 0.29) is 0 Å². The van der Waals surface area contributed by atoms with E-state index in [9.17, 15) is 0 Å². The van der Waals surface area contributed by atoms with Gasteiger partial charge in [-0.2, -0.15) is 0 Å². The van der Waals surface area contributed by atoms with Gasteiger partial charge in [0.25, 0.3) is 0 Å².